The summed E-state index contributed by atoms with van der Waals surface area (Å²) in [6.07, 6.45) is 2.98. The zero-order valence-electron chi connectivity index (χ0n) is 9.19. The fourth-order valence-corrected chi connectivity index (χ4v) is 1.05. The van der Waals surface area contributed by atoms with E-state index in [1.54, 1.807) is 0 Å². The monoisotopic (exact) mass is 216 g/mol. The molecule has 2 N–H and O–H groups in total. The standard InChI is InChI=1S/C11H20O4/c1-4-7-10(12)11(13,14-8-5-2)15-9-6-3/h5-6,10,12-13H,2-4,7-9H2,1H3. The van der Waals surface area contributed by atoms with Gasteiger partial charge < -0.3 is 19.7 Å². The molecule has 0 aromatic heterocycles. The van der Waals surface area contributed by atoms with Crippen LogP contribution >= 0.6 is 0 Å². The second-order valence-electron chi connectivity index (χ2n) is 3.13. The van der Waals surface area contributed by atoms with Gasteiger partial charge in [0.15, 0.2) is 0 Å². The Labute approximate surface area is 90.8 Å². The number of hydrogen-bond donors (Lipinski definition) is 2. The molecule has 0 heterocycles. The molecule has 0 saturated carbocycles. The Morgan fingerprint density at radius 2 is 1.73 bits per heavy atom. The van der Waals surface area contributed by atoms with Gasteiger partial charge in [-0.1, -0.05) is 25.5 Å². The van der Waals surface area contributed by atoms with E-state index >= 15 is 0 Å². The largest absolute Gasteiger partial charge is 0.385 e. The molecule has 0 aliphatic rings. The molecule has 0 bridgehead atoms. The first-order valence-corrected chi connectivity index (χ1v) is 5.00. The molecule has 0 aliphatic carbocycles. The number of aliphatic hydroxyl groups excluding tert-OH is 1. The van der Waals surface area contributed by atoms with Gasteiger partial charge >= 0.3 is 5.97 Å². The number of aliphatic hydroxyl groups is 2. The van der Waals surface area contributed by atoms with Crippen LogP contribution in [0.3, 0.4) is 0 Å². The minimum Gasteiger partial charge on any atom is -0.385 e. The summed E-state index contributed by atoms with van der Waals surface area (Å²) < 4.78 is 10.0. The molecular formula is C11H20O4. The molecular weight excluding hydrogens is 196 g/mol. The van der Waals surface area contributed by atoms with Crippen LogP contribution in [-0.4, -0.2) is 35.5 Å². The summed E-state index contributed by atoms with van der Waals surface area (Å²) in [6.45, 7) is 9.02. The Bertz CT molecular complexity index is 179. The van der Waals surface area contributed by atoms with Crippen LogP contribution in [0.2, 0.25) is 0 Å². The third-order valence-corrected chi connectivity index (χ3v) is 1.80. The molecule has 0 saturated heterocycles. The Morgan fingerprint density at radius 1 is 1.27 bits per heavy atom. The van der Waals surface area contributed by atoms with Gasteiger partial charge in [0.25, 0.3) is 0 Å². The Morgan fingerprint density at radius 3 is 2.07 bits per heavy atom. The summed E-state index contributed by atoms with van der Waals surface area (Å²) in [5.74, 6) is -1.97. The highest BCUT2D eigenvalue weighted by Crippen LogP contribution is 2.18. The van der Waals surface area contributed by atoms with Gasteiger partial charge in [0.05, 0.1) is 13.2 Å². The van der Waals surface area contributed by atoms with Crippen LogP contribution in [-0.2, 0) is 9.47 Å². The lowest BCUT2D eigenvalue weighted by molar-refractivity contribution is -0.390. The molecule has 1 atom stereocenters. The molecule has 1 unspecified atom stereocenters. The second kappa shape index (κ2) is 7.59. The first-order valence-electron chi connectivity index (χ1n) is 5.00. The number of hydrogen-bond acceptors (Lipinski definition) is 4. The number of rotatable bonds is 9. The van der Waals surface area contributed by atoms with Crippen molar-refractivity contribution in [3.05, 3.63) is 25.3 Å². The third kappa shape index (κ3) is 5.09. The van der Waals surface area contributed by atoms with E-state index < -0.39 is 12.1 Å². The van der Waals surface area contributed by atoms with Crippen LogP contribution in [0.25, 0.3) is 0 Å². The third-order valence-electron chi connectivity index (χ3n) is 1.80. The lowest BCUT2D eigenvalue weighted by atomic mass is 10.2. The van der Waals surface area contributed by atoms with E-state index in [2.05, 4.69) is 13.2 Å². The Kier molecular flexibility index (Phi) is 7.25. The van der Waals surface area contributed by atoms with Crippen LogP contribution in [0.1, 0.15) is 19.8 Å². The molecule has 0 fully saturated rings. The van der Waals surface area contributed by atoms with Crippen molar-refractivity contribution in [2.75, 3.05) is 13.2 Å². The van der Waals surface area contributed by atoms with E-state index in [0.717, 1.165) is 6.42 Å². The van der Waals surface area contributed by atoms with Gasteiger partial charge in [-0.3, -0.25) is 0 Å². The molecule has 4 heteroatoms. The molecule has 88 valence electrons. The summed E-state index contributed by atoms with van der Waals surface area (Å²) in [6, 6.07) is 0. The van der Waals surface area contributed by atoms with Crippen molar-refractivity contribution in [2.24, 2.45) is 0 Å². The molecule has 4 nitrogen and oxygen atoms in total. The summed E-state index contributed by atoms with van der Waals surface area (Å²) >= 11 is 0. The molecule has 0 aromatic rings. The van der Waals surface area contributed by atoms with Crippen LogP contribution < -0.4 is 0 Å². The molecule has 0 spiro atoms. The zero-order valence-corrected chi connectivity index (χ0v) is 9.19. The summed E-state index contributed by atoms with van der Waals surface area (Å²) in [4.78, 5) is 0. The lowest BCUT2D eigenvalue weighted by Crippen LogP contribution is -2.47. The predicted octanol–water partition coefficient (Wildman–Crippen LogP) is 1.20. The summed E-state index contributed by atoms with van der Waals surface area (Å²) in [5, 5.41) is 19.5. The smallest absolute Gasteiger partial charge is 0.308 e. The molecule has 0 aliphatic heterocycles. The van der Waals surface area contributed by atoms with E-state index in [9.17, 15) is 10.2 Å². The van der Waals surface area contributed by atoms with Gasteiger partial charge in [-0.25, -0.2) is 0 Å². The van der Waals surface area contributed by atoms with Crippen molar-refractivity contribution in [3.63, 3.8) is 0 Å². The van der Waals surface area contributed by atoms with Crippen LogP contribution in [0.4, 0.5) is 0 Å². The van der Waals surface area contributed by atoms with Crippen molar-refractivity contribution in [2.45, 2.75) is 31.8 Å². The zero-order chi connectivity index (χ0) is 11.7. The first-order chi connectivity index (χ1) is 7.10. The average molecular weight is 216 g/mol. The van der Waals surface area contributed by atoms with E-state index in [1.165, 1.54) is 12.2 Å². The van der Waals surface area contributed by atoms with Gasteiger partial charge in [-0.2, -0.15) is 0 Å². The highest BCUT2D eigenvalue weighted by Gasteiger charge is 2.37. The van der Waals surface area contributed by atoms with Gasteiger partial charge in [0.1, 0.15) is 6.10 Å². The SMILES string of the molecule is C=CCOC(O)(OCC=C)C(O)CCC. The van der Waals surface area contributed by atoms with Crippen LogP contribution in [0, 0.1) is 0 Å². The van der Waals surface area contributed by atoms with Gasteiger partial charge in [0, 0.05) is 0 Å². The van der Waals surface area contributed by atoms with Gasteiger partial charge in [-0.15, -0.1) is 13.2 Å². The topological polar surface area (TPSA) is 58.9 Å². The van der Waals surface area contributed by atoms with Crippen LogP contribution in [0.5, 0.6) is 0 Å². The minimum absolute atomic E-state index is 0.106. The molecule has 0 radical (unpaired) electrons. The second-order valence-corrected chi connectivity index (χ2v) is 3.13. The molecule has 15 heavy (non-hydrogen) atoms. The Balaban J connectivity index is 4.35. The highest BCUT2D eigenvalue weighted by atomic mass is 16.8. The number of ether oxygens (including phenoxy) is 2. The van der Waals surface area contributed by atoms with E-state index in [-0.39, 0.29) is 13.2 Å². The van der Waals surface area contributed by atoms with Gasteiger partial charge in [-0.05, 0) is 6.42 Å². The van der Waals surface area contributed by atoms with Crippen molar-refractivity contribution < 1.29 is 19.7 Å². The predicted molar refractivity (Wildman–Crippen MR) is 58.2 cm³/mol. The summed E-state index contributed by atoms with van der Waals surface area (Å²) in [5.41, 5.74) is 0. The normalized spacial score (nSPS) is 13.5. The van der Waals surface area contributed by atoms with Crippen molar-refractivity contribution in [1.82, 2.24) is 0 Å². The van der Waals surface area contributed by atoms with E-state index in [1.807, 2.05) is 6.92 Å². The fraction of sp³-hybridized carbons (Fsp3) is 0.636. The maximum atomic E-state index is 9.88. The van der Waals surface area contributed by atoms with E-state index in [4.69, 9.17) is 9.47 Å². The first kappa shape index (κ1) is 14.3. The summed E-state index contributed by atoms with van der Waals surface area (Å²) in [7, 11) is 0. The van der Waals surface area contributed by atoms with Crippen molar-refractivity contribution >= 4 is 0 Å². The molecule has 0 aromatic carbocycles. The van der Waals surface area contributed by atoms with Crippen molar-refractivity contribution in [1.29, 1.82) is 0 Å². The maximum absolute atomic E-state index is 9.88. The fourth-order valence-electron chi connectivity index (χ4n) is 1.05. The quantitative estimate of drug-likeness (QED) is 0.449. The average Bonchev–Trinajstić information content (AvgIpc) is 2.24. The molecule has 0 rings (SSSR count). The lowest BCUT2D eigenvalue weighted by Gasteiger charge is -2.31. The highest BCUT2D eigenvalue weighted by molar-refractivity contribution is 4.74. The maximum Gasteiger partial charge on any atom is 0.308 e. The van der Waals surface area contributed by atoms with E-state index in [0.29, 0.717) is 6.42 Å². The van der Waals surface area contributed by atoms with Gasteiger partial charge in [0.2, 0.25) is 0 Å². The van der Waals surface area contributed by atoms with Crippen molar-refractivity contribution in [3.8, 4) is 0 Å². The minimum atomic E-state index is -1.97. The Hall–Kier alpha value is -0.680. The van der Waals surface area contributed by atoms with Crippen LogP contribution in [0.15, 0.2) is 25.3 Å². The molecule has 0 amide bonds.